The number of nitrogens with one attached hydrogen (secondary N) is 2. The number of benzene rings is 2. The summed E-state index contributed by atoms with van der Waals surface area (Å²) >= 11 is 0. The molecule has 0 heterocycles. The zero-order valence-electron chi connectivity index (χ0n) is 15.8. The first-order chi connectivity index (χ1) is 13.3. The second-order valence-corrected chi connectivity index (χ2v) is 9.17. The normalized spacial score (nSPS) is 14.6. The van der Waals surface area contributed by atoms with Crippen LogP contribution in [0.1, 0.15) is 41.6 Å². The molecule has 2 aromatic carbocycles. The molecule has 1 aliphatic carbocycles. The minimum Gasteiger partial charge on any atom is -0.348 e. The summed E-state index contributed by atoms with van der Waals surface area (Å²) in [6, 6.07) is 13.3. The molecule has 3 rings (SSSR count). The molecule has 1 saturated carbocycles. The van der Waals surface area contributed by atoms with Crippen molar-refractivity contribution >= 4 is 27.3 Å². The van der Waals surface area contributed by atoms with Crippen LogP contribution in [-0.4, -0.2) is 26.5 Å². The molecule has 0 spiro atoms. The van der Waals surface area contributed by atoms with E-state index in [4.69, 9.17) is 0 Å². The number of anilines is 1. The number of rotatable bonds is 6. The highest BCUT2D eigenvalue weighted by molar-refractivity contribution is 7.90. The van der Waals surface area contributed by atoms with E-state index in [0.717, 1.165) is 37.5 Å². The van der Waals surface area contributed by atoms with Crippen LogP contribution in [0.5, 0.6) is 0 Å². The molecule has 0 bridgehead atoms. The van der Waals surface area contributed by atoms with Crippen molar-refractivity contribution in [2.45, 2.75) is 37.1 Å². The molecule has 0 radical (unpaired) electrons. The number of carbonyl (C=O) groups is 2. The molecular weight excluding hydrogens is 376 g/mol. The summed E-state index contributed by atoms with van der Waals surface area (Å²) in [5, 5.41) is 5.73. The van der Waals surface area contributed by atoms with Gasteiger partial charge >= 0.3 is 0 Å². The monoisotopic (exact) mass is 400 g/mol. The van der Waals surface area contributed by atoms with E-state index in [1.807, 2.05) is 24.3 Å². The SMILES string of the molecule is CS(=O)(=O)c1cccc(C(=O)NCc2cccc(NC(=O)C3CCCC3)c2)c1. The Labute approximate surface area is 165 Å². The Morgan fingerprint density at radius 1 is 1.04 bits per heavy atom. The van der Waals surface area contributed by atoms with Gasteiger partial charge in [-0.2, -0.15) is 0 Å². The molecule has 28 heavy (non-hydrogen) atoms. The van der Waals surface area contributed by atoms with E-state index in [9.17, 15) is 18.0 Å². The van der Waals surface area contributed by atoms with E-state index in [1.54, 1.807) is 12.1 Å². The second-order valence-electron chi connectivity index (χ2n) is 7.15. The predicted octanol–water partition coefficient (Wildman–Crippen LogP) is 3.15. The molecule has 0 unspecified atom stereocenters. The van der Waals surface area contributed by atoms with Crippen LogP contribution >= 0.6 is 0 Å². The molecule has 148 valence electrons. The fourth-order valence-corrected chi connectivity index (χ4v) is 4.01. The van der Waals surface area contributed by atoms with Gasteiger partial charge in [0, 0.05) is 30.0 Å². The molecule has 7 heteroatoms. The minimum atomic E-state index is -3.37. The molecule has 6 nitrogen and oxygen atoms in total. The standard InChI is InChI=1S/C21H24N2O4S/c1-28(26,27)19-11-5-9-17(13-19)20(24)22-14-15-6-4-10-18(12-15)23-21(25)16-7-2-3-8-16/h4-6,9-13,16H,2-3,7-8,14H2,1H3,(H,22,24)(H,23,25). The third-order valence-corrected chi connectivity index (χ3v) is 6.01. The molecule has 2 N–H and O–H groups in total. The van der Waals surface area contributed by atoms with Gasteiger partial charge in [0.15, 0.2) is 9.84 Å². The Balaban J connectivity index is 1.61. The van der Waals surface area contributed by atoms with Gasteiger partial charge in [-0.1, -0.05) is 31.0 Å². The number of amides is 2. The third kappa shape index (κ3) is 5.19. The van der Waals surface area contributed by atoms with Crippen molar-refractivity contribution in [1.82, 2.24) is 5.32 Å². The van der Waals surface area contributed by atoms with Crippen molar-refractivity contribution in [3.63, 3.8) is 0 Å². The Kier molecular flexibility index (Phi) is 6.14. The van der Waals surface area contributed by atoms with Crippen LogP contribution in [0.4, 0.5) is 5.69 Å². The summed E-state index contributed by atoms with van der Waals surface area (Å²) in [6.07, 6.45) is 5.19. The molecule has 0 saturated heterocycles. The third-order valence-electron chi connectivity index (χ3n) is 4.90. The molecule has 0 atom stereocenters. The quantitative estimate of drug-likeness (QED) is 0.779. The summed E-state index contributed by atoms with van der Waals surface area (Å²) in [4.78, 5) is 24.7. The molecule has 1 fully saturated rings. The van der Waals surface area contributed by atoms with E-state index >= 15 is 0 Å². The van der Waals surface area contributed by atoms with E-state index in [0.29, 0.717) is 5.69 Å². The zero-order chi connectivity index (χ0) is 20.1. The molecule has 2 amide bonds. The van der Waals surface area contributed by atoms with Crippen LogP contribution < -0.4 is 10.6 Å². The predicted molar refractivity (Wildman–Crippen MR) is 108 cm³/mol. The Hall–Kier alpha value is -2.67. The Morgan fingerprint density at radius 3 is 2.46 bits per heavy atom. The van der Waals surface area contributed by atoms with Gasteiger partial charge < -0.3 is 10.6 Å². The van der Waals surface area contributed by atoms with Crippen molar-refractivity contribution < 1.29 is 18.0 Å². The average molecular weight is 401 g/mol. The number of sulfone groups is 1. The van der Waals surface area contributed by atoms with Gasteiger partial charge in [-0.3, -0.25) is 9.59 Å². The Bertz CT molecular complexity index is 979. The van der Waals surface area contributed by atoms with Crippen LogP contribution in [0.15, 0.2) is 53.4 Å². The fourth-order valence-electron chi connectivity index (χ4n) is 3.34. The lowest BCUT2D eigenvalue weighted by Gasteiger charge is -2.12. The number of carbonyl (C=O) groups excluding carboxylic acids is 2. The lowest BCUT2D eigenvalue weighted by Crippen LogP contribution is -2.23. The van der Waals surface area contributed by atoms with Crippen LogP contribution in [-0.2, 0) is 21.2 Å². The first-order valence-electron chi connectivity index (χ1n) is 9.31. The van der Waals surface area contributed by atoms with E-state index in [-0.39, 0.29) is 34.7 Å². The van der Waals surface area contributed by atoms with Crippen molar-refractivity contribution in [3.05, 3.63) is 59.7 Å². The summed E-state index contributed by atoms with van der Waals surface area (Å²) in [5.74, 6) is -0.215. The van der Waals surface area contributed by atoms with Gasteiger partial charge in [0.25, 0.3) is 5.91 Å². The maximum absolute atomic E-state index is 12.4. The van der Waals surface area contributed by atoms with Crippen LogP contribution in [0.25, 0.3) is 0 Å². The van der Waals surface area contributed by atoms with Crippen molar-refractivity contribution in [2.75, 3.05) is 11.6 Å². The smallest absolute Gasteiger partial charge is 0.251 e. The average Bonchev–Trinajstić information content (AvgIpc) is 3.21. The van der Waals surface area contributed by atoms with Crippen molar-refractivity contribution in [2.24, 2.45) is 5.92 Å². The highest BCUT2D eigenvalue weighted by atomic mass is 32.2. The molecule has 0 aromatic heterocycles. The highest BCUT2D eigenvalue weighted by Crippen LogP contribution is 2.26. The van der Waals surface area contributed by atoms with Crippen molar-refractivity contribution in [3.8, 4) is 0 Å². The summed E-state index contributed by atoms with van der Waals surface area (Å²) in [7, 11) is -3.37. The maximum atomic E-state index is 12.4. The van der Waals surface area contributed by atoms with E-state index in [2.05, 4.69) is 10.6 Å². The number of hydrogen-bond donors (Lipinski definition) is 2. The van der Waals surface area contributed by atoms with Gasteiger partial charge in [0.1, 0.15) is 0 Å². The van der Waals surface area contributed by atoms with Crippen LogP contribution in [0.3, 0.4) is 0 Å². The zero-order valence-corrected chi connectivity index (χ0v) is 16.6. The first kappa shape index (κ1) is 20.1. The lowest BCUT2D eigenvalue weighted by atomic mass is 10.1. The summed E-state index contributed by atoms with van der Waals surface area (Å²) in [6.45, 7) is 0.273. The van der Waals surface area contributed by atoms with Gasteiger partial charge in [0.05, 0.1) is 4.90 Å². The van der Waals surface area contributed by atoms with Crippen molar-refractivity contribution in [1.29, 1.82) is 0 Å². The Morgan fingerprint density at radius 2 is 1.75 bits per heavy atom. The summed E-state index contributed by atoms with van der Waals surface area (Å²) in [5.41, 5.74) is 1.84. The highest BCUT2D eigenvalue weighted by Gasteiger charge is 2.22. The summed E-state index contributed by atoms with van der Waals surface area (Å²) < 4.78 is 23.3. The van der Waals surface area contributed by atoms with E-state index < -0.39 is 9.84 Å². The largest absolute Gasteiger partial charge is 0.348 e. The van der Waals surface area contributed by atoms with Gasteiger partial charge in [-0.15, -0.1) is 0 Å². The van der Waals surface area contributed by atoms with Gasteiger partial charge in [-0.25, -0.2) is 8.42 Å². The van der Waals surface area contributed by atoms with Crippen LogP contribution in [0, 0.1) is 5.92 Å². The molecule has 0 aliphatic heterocycles. The molecule has 2 aromatic rings. The maximum Gasteiger partial charge on any atom is 0.251 e. The topological polar surface area (TPSA) is 92.3 Å². The molecular formula is C21H24N2O4S. The fraction of sp³-hybridized carbons (Fsp3) is 0.333. The van der Waals surface area contributed by atoms with Crippen LogP contribution in [0.2, 0.25) is 0 Å². The lowest BCUT2D eigenvalue weighted by molar-refractivity contribution is -0.119. The van der Waals surface area contributed by atoms with Gasteiger partial charge in [0.2, 0.25) is 5.91 Å². The number of hydrogen-bond acceptors (Lipinski definition) is 4. The second kappa shape index (κ2) is 8.56. The first-order valence-corrected chi connectivity index (χ1v) is 11.2. The minimum absolute atomic E-state index is 0.0521. The molecule has 1 aliphatic rings. The van der Waals surface area contributed by atoms with Gasteiger partial charge in [-0.05, 0) is 48.7 Å². The van der Waals surface area contributed by atoms with E-state index in [1.165, 1.54) is 12.1 Å².